The lowest BCUT2D eigenvalue weighted by Crippen LogP contribution is -2.44. The predicted molar refractivity (Wildman–Crippen MR) is 78.9 cm³/mol. The van der Waals surface area contributed by atoms with E-state index >= 15 is 0 Å². The molecule has 0 fully saturated rings. The Hall–Kier alpha value is -0.970. The average molecular weight is 275 g/mol. The first-order valence-electron chi connectivity index (χ1n) is 6.68. The van der Waals surface area contributed by atoms with Gasteiger partial charge in [0.15, 0.2) is 0 Å². The van der Waals surface area contributed by atoms with Gasteiger partial charge in [0.05, 0.1) is 12.2 Å². The van der Waals surface area contributed by atoms with E-state index in [4.69, 9.17) is 10.5 Å². The quantitative estimate of drug-likeness (QED) is 0.715. The largest absolute Gasteiger partial charge is 0.390 e. The first-order chi connectivity index (χ1) is 9.15. The van der Waals surface area contributed by atoms with Crippen LogP contribution in [-0.4, -0.2) is 29.9 Å². The van der Waals surface area contributed by atoms with Crippen LogP contribution in [0.4, 0.5) is 4.72 Å². The molecule has 0 amide bonds. The van der Waals surface area contributed by atoms with Crippen LogP contribution in [0.15, 0.2) is 30.3 Å². The maximum atomic E-state index is 9.90. The van der Waals surface area contributed by atoms with Gasteiger partial charge in [0.25, 0.3) is 1.45 Å². The molecule has 0 aliphatic heterocycles. The lowest BCUT2D eigenvalue weighted by Gasteiger charge is -2.23. The van der Waals surface area contributed by atoms with Crippen LogP contribution in [0, 0.1) is 0 Å². The molecule has 0 aliphatic carbocycles. The van der Waals surface area contributed by atoms with Gasteiger partial charge in [0, 0.05) is 6.04 Å². The van der Waals surface area contributed by atoms with Crippen molar-refractivity contribution >= 4 is 0 Å². The van der Waals surface area contributed by atoms with E-state index in [1.54, 1.807) is 0 Å². The fourth-order valence-corrected chi connectivity index (χ4v) is 1.88. The van der Waals surface area contributed by atoms with Gasteiger partial charge >= 0.3 is 0 Å². The summed E-state index contributed by atoms with van der Waals surface area (Å²) in [6.07, 6.45) is 1.56. The Balaban J connectivity index is 0. The van der Waals surface area contributed by atoms with Crippen LogP contribution in [0.2, 0.25) is 0 Å². The molecule has 0 aromatic heterocycles. The molecule has 0 unspecified atom stereocenters. The maximum Gasteiger partial charge on any atom is 0.269 e. The van der Waals surface area contributed by atoms with E-state index in [-0.39, 0.29) is 7.43 Å². The summed E-state index contributed by atoms with van der Waals surface area (Å²) in [6.45, 7) is 2.06. The van der Waals surface area contributed by atoms with E-state index < -0.39 is 18.2 Å². The second-order valence-electron chi connectivity index (χ2n) is 4.55. The van der Waals surface area contributed by atoms with Crippen LogP contribution in [-0.2, 0) is 6.42 Å². The van der Waals surface area contributed by atoms with Gasteiger partial charge in [-0.15, -0.1) is 0 Å². The Kier molecular flexibility index (Phi) is 10.4. The number of aliphatic hydroxyl groups excluding tert-OH is 2. The van der Waals surface area contributed by atoms with Crippen molar-refractivity contribution in [1.29, 1.82) is 1.45 Å². The molecule has 0 saturated carbocycles. The van der Waals surface area contributed by atoms with Gasteiger partial charge in [-0.3, -0.25) is 4.72 Å². The molecular weight excluding hydrogens is 245 g/mol. The molecule has 112 valence electrons. The average Bonchev–Trinajstić information content (AvgIpc) is 2.47. The smallest absolute Gasteiger partial charge is 0.269 e. The molecule has 4 N–H and O–H groups in total. The number of unbranched alkanes of at least 4 members (excludes halogenated alkanes) is 1. The molecule has 0 saturated heterocycles. The normalized spacial score (nSPS) is 15.1. The Morgan fingerprint density at radius 3 is 2.37 bits per heavy atom. The van der Waals surface area contributed by atoms with Crippen molar-refractivity contribution in [3.8, 4) is 0 Å². The summed E-state index contributed by atoms with van der Waals surface area (Å²) in [5.74, 6) is 0. The molecule has 3 nitrogen and oxygen atoms in total. The van der Waals surface area contributed by atoms with Crippen molar-refractivity contribution in [2.75, 3.05) is 0 Å². The molecule has 1 aromatic carbocycles. The van der Waals surface area contributed by atoms with Gasteiger partial charge < -0.3 is 15.9 Å². The lowest BCUT2D eigenvalue weighted by atomic mass is 9.96. The number of aliphatic hydroxyl groups is 2. The number of hydrogen-bond acceptors (Lipinski definition) is 3. The lowest BCUT2D eigenvalue weighted by molar-refractivity contribution is -0.00126. The van der Waals surface area contributed by atoms with Crippen LogP contribution in [0.5, 0.6) is 0 Å². The Bertz CT molecular complexity index is 314. The van der Waals surface area contributed by atoms with Gasteiger partial charge in [-0.1, -0.05) is 57.5 Å². The van der Waals surface area contributed by atoms with Crippen molar-refractivity contribution < 1.29 is 14.9 Å². The third-order valence-corrected chi connectivity index (χ3v) is 3.00. The molecule has 0 aliphatic rings. The molecule has 4 heteroatoms. The highest BCUT2D eigenvalue weighted by Crippen LogP contribution is 2.11. The Morgan fingerprint density at radius 1 is 1.26 bits per heavy atom. The number of benzene rings is 1. The minimum Gasteiger partial charge on any atom is -0.390 e. The fraction of sp³-hybridized carbons (Fsp3) is 0.600. The molecule has 0 bridgehead atoms. The summed E-state index contributed by atoms with van der Waals surface area (Å²) in [5, 5.41) is 19.7. The molecular formula is C15H28FNO2. The van der Waals surface area contributed by atoms with Gasteiger partial charge in [-0.05, 0) is 18.4 Å². The summed E-state index contributed by atoms with van der Waals surface area (Å²) in [7, 11) is 0. The summed E-state index contributed by atoms with van der Waals surface area (Å²) in [6, 6.07) is 9.38. The van der Waals surface area contributed by atoms with Crippen molar-refractivity contribution in [2.24, 2.45) is 5.73 Å². The number of rotatable bonds is 7. The van der Waals surface area contributed by atoms with Crippen LogP contribution in [0.3, 0.4) is 0 Å². The van der Waals surface area contributed by atoms with E-state index in [1.807, 2.05) is 30.3 Å². The maximum absolute atomic E-state index is 9.90. The van der Waals surface area contributed by atoms with Crippen LogP contribution < -0.4 is 5.73 Å². The Morgan fingerprint density at radius 2 is 1.84 bits per heavy atom. The first-order valence-corrected chi connectivity index (χ1v) is 6.30. The van der Waals surface area contributed by atoms with Crippen molar-refractivity contribution in [3.05, 3.63) is 35.9 Å². The molecule has 0 radical (unpaired) electrons. The fourth-order valence-electron chi connectivity index (χ4n) is 1.88. The van der Waals surface area contributed by atoms with Gasteiger partial charge in [0.2, 0.25) is 0 Å². The van der Waals surface area contributed by atoms with E-state index in [9.17, 15) is 10.2 Å². The third-order valence-electron chi connectivity index (χ3n) is 3.00. The second kappa shape index (κ2) is 10.9. The third kappa shape index (κ3) is 7.25. The predicted octanol–water partition coefficient (Wildman–Crippen LogP) is 2.26. The summed E-state index contributed by atoms with van der Waals surface area (Å²) in [5.41, 5.74) is 7.00. The minimum absolute atomic E-state index is 0. The minimum atomic E-state index is -0.846. The number of hydrogen-bond donors (Lipinski definition) is 3. The van der Waals surface area contributed by atoms with Crippen molar-refractivity contribution in [2.45, 2.75) is 58.3 Å². The molecule has 19 heavy (non-hydrogen) atoms. The van der Waals surface area contributed by atoms with E-state index in [0.29, 0.717) is 12.8 Å². The number of halogens is 1. The van der Waals surface area contributed by atoms with Crippen LogP contribution in [0.25, 0.3) is 0 Å². The SMILES string of the molecule is C.CCCC[C@H](O)[C@H](O)[C@@H](N)Cc1ccccc1.[3H]F. The van der Waals surface area contributed by atoms with Crippen LogP contribution >= 0.6 is 0 Å². The summed E-state index contributed by atoms with van der Waals surface area (Å²) in [4.78, 5) is 0. The van der Waals surface area contributed by atoms with Gasteiger partial charge in [-0.2, -0.15) is 0 Å². The van der Waals surface area contributed by atoms with Crippen LogP contribution in [0.1, 0.15) is 39.2 Å². The summed E-state index contributed by atoms with van der Waals surface area (Å²) < 4.78 is 13.0. The topological polar surface area (TPSA) is 66.5 Å². The number of nitrogens with two attached hydrogens (primary N) is 1. The zero-order valence-electron chi connectivity index (χ0n) is 11.8. The first kappa shape index (κ1) is 18.0. The molecule has 3 atom stereocenters. The highest BCUT2D eigenvalue weighted by molar-refractivity contribution is 5.16. The van der Waals surface area contributed by atoms with E-state index in [0.717, 1.165) is 18.4 Å². The zero-order chi connectivity index (χ0) is 14.7. The van der Waals surface area contributed by atoms with Gasteiger partial charge in [-0.25, -0.2) is 0 Å². The standard InChI is InChI=1S/C14H23NO2.CH4.FH/c1-2-3-9-13(16)14(17)12(15)10-11-7-5-4-6-8-11;;/h4-8,12-14,16-17H,2-3,9-10,15H2,1H3;1H4;1H/t12-,13-,14+;;/m0../s1/i/hT. The summed E-state index contributed by atoms with van der Waals surface area (Å²) >= 11 is 0. The van der Waals surface area contributed by atoms with Crippen molar-refractivity contribution in [1.82, 2.24) is 0 Å². The van der Waals surface area contributed by atoms with Crippen molar-refractivity contribution in [3.63, 3.8) is 0 Å². The van der Waals surface area contributed by atoms with E-state index in [1.165, 1.54) is 0 Å². The molecule has 0 spiro atoms. The zero-order valence-corrected chi connectivity index (χ0v) is 10.8. The highest BCUT2D eigenvalue weighted by Gasteiger charge is 2.22. The molecule has 0 heterocycles. The highest BCUT2D eigenvalue weighted by atomic mass is 19.0. The van der Waals surface area contributed by atoms with Gasteiger partial charge in [0.1, 0.15) is 0 Å². The van der Waals surface area contributed by atoms with E-state index in [2.05, 4.69) is 8.37 Å². The Labute approximate surface area is 117 Å². The molecule has 1 aromatic rings. The molecule has 1 rings (SSSR count). The monoisotopic (exact) mass is 275 g/mol. The second-order valence-corrected chi connectivity index (χ2v) is 4.55.